The predicted octanol–water partition coefficient (Wildman–Crippen LogP) is 4.86. The third-order valence-corrected chi connectivity index (χ3v) is 6.88. The Morgan fingerprint density at radius 3 is 2.57 bits per heavy atom. The Balaban J connectivity index is 1.56. The molecule has 2 atom stereocenters. The van der Waals surface area contributed by atoms with Crippen molar-refractivity contribution < 1.29 is 23.8 Å². The van der Waals surface area contributed by atoms with Gasteiger partial charge in [-0.25, -0.2) is 9.38 Å². The number of nitrogens with zero attached hydrogens (tertiary/aromatic N) is 1. The van der Waals surface area contributed by atoms with Crippen molar-refractivity contribution in [2.24, 2.45) is 4.99 Å². The molecule has 4 rings (SSSR count). The van der Waals surface area contributed by atoms with Crippen LogP contribution >= 0.6 is 15.9 Å². The van der Waals surface area contributed by atoms with Crippen molar-refractivity contribution in [3.8, 4) is 5.75 Å². The van der Waals surface area contributed by atoms with Crippen molar-refractivity contribution >= 4 is 27.7 Å². The summed E-state index contributed by atoms with van der Waals surface area (Å²) < 4.78 is 26.7. The van der Waals surface area contributed by atoms with Gasteiger partial charge >= 0.3 is 0 Å². The number of aliphatic hydroxyl groups excluding tert-OH is 1. The van der Waals surface area contributed by atoms with E-state index in [1.807, 2.05) is 55.5 Å². The molecule has 2 N–H and O–H groups in total. The molecule has 37 heavy (non-hydrogen) atoms. The van der Waals surface area contributed by atoms with Gasteiger partial charge in [0.15, 0.2) is 5.54 Å². The lowest BCUT2D eigenvalue weighted by Gasteiger charge is -2.28. The second-order valence-corrected chi connectivity index (χ2v) is 9.87. The molecule has 0 radical (unpaired) electrons. The number of halogens is 2. The monoisotopic (exact) mass is 568 g/mol. The number of aliphatic imine (C=N–C) groups is 1. The summed E-state index contributed by atoms with van der Waals surface area (Å²) in [7, 11) is 0. The van der Waals surface area contributed by atoms with Gasteiger partial charge in [-0.1, -0.05) is 46.3 Å². The van der Waals surface area contributed by atoms with Gasteiger partial charge in [0.2, 0.25) is 5.90 Å². The summed E-state index contributed by atoms with van der Waals surface area (Å²) in [5.41, 5.74) is 1.04. The van der Waals surface area contributed by atoms with E-state index in [1.54, 1.807) is 18.2 Å². The summed E-state index contributed by atoms with van der Waals surface area (Å²) >= 11 is 3.46. The van der Waals surface area contributed by atoms with Crippen molar-refractivity contribution in [2.75, 3.05) is 19.8 Å². The van der Waals surface area contributed by atoms with Crippen LogP contribution in [0.5, 0.6) is 5.75 Å². The maximum Gasteiger partial charge on any atom is 0.252 e. The fourth-order valence-corrected chi connectivity index (χ4v) is 4.49. The lowest BCUT2D eigenvalue weighted by Crippen LogP contribution is -2.52. The second-order valence-electron chi connectivity index (χ2n) is 8.95. The molecule has 0 bridgehead atoms. The summed E-state index contributed by atoms with van der Waals surface area (Å²) in [6.45, 7) is 2.62. The van der Waals surface area contributed by atoms with Gasteiger partial charge in [0, 0.05) is 36.0 Å². The predicted molar refractivity (Wildman–Crippen MR) is 144 cm³/mol. The number of rotatable bonds is 11. The van der Waals surface area contributed by atoms with E-state index in [9.17, 15) is 9.18 Å². The van der Waals surface area contributed by atoms with Crippen molar-refractivity contribution in [1.82, 2.24) is 5.32 Å². The highest BCUT2D eigenvalue weighted by atomic mass is 79.9. The van der Waals surface area contributed by atoms with Gasteiger partial charge in [0.1, 0.15) is 17.7 Å². The van der Waals surface area contributed by atoms with Crippen LogP contribution in [-0.2, 0) is 22.4 Å². The van der Waals surface area contributed by atoms with Crippen molar-refractivity contribution in [3.05, 3.63) is 99.8 Å². The number of ether oxygens (including phenoxy) is 2. The Bertz CT molecular complexity index is 1230. The molecule has 3 aromatic carbocycles. The van der Waals surface area contributed by atoms with Crippen LogP contribution in [0.4, 0.5) is 4.39 Å². The molecule has 0 saturated carbocycles. The largest absolute Gasteiger partial charge is 0.494 e. The minimum atomic E-state index is -1.19. The van der Waals surface area contributed by atoms with Crippen LogP contribution < -0.4 is 10.1 Å². The quantitative estimate of drug-likeness (QED) is 0.324. The zero-order chi connectivity index (χ0) is 26.3. The maximum atomic E-state index is 14.0. The first-order chi connectivity index (χ1) is 17.9. The van der Waals surface area contributed by atoms with E-state index in [4.69, 9.17) is 19.6 Å². The zero-order valence-electron chi connectivity index (χ0n) is 20.6. The highest BCUT2D eigenvalue weighted by molar-refractivity contribution is 9.10. The van der Waals surface area contributed by atoms with E-state index in [0.29, 0.717) is 43.1 Å². The van der Waals surface area contributed by atoms with E-state index >= 15 is 0 Å². The highest BCUT2D eigenvalue weighted by Crippen LogP contribution is 2.33. The number of carbonyl (C=O) groups is 1. The first-order valence-corrected chi connectivity index (χ1v) is 13.1. The average molecular weight is 569 g/mol. The molecule has 0 unspecified atom stereocenters. The molecular formula is C29H30BrFN2O4. The lowest BCUT2D eigenvalue weighted by atomic mass is 9.86. The van der Waals surface area contributed by atoms with E-state index in [0.717, 1.165) is 15.6 Å². The second kappa shape index (κ2) is 12.3. The SMILES string of the molecule is C[C@H]1OC(c2ccc(OCCCO)cc2)=N[C@@]1(Cc1ccc(Br)cc1)C(=O)NCCc1ccccc1F. The molecule has 1 heterocycles. The molecule has 1 aliphatic rings. The molecule has 0 aromatic heterocycles. The van der Waals surface area contributed by atoms with Crippen molar-refractivity contribution in [1.29, 1.82) is 0 Å². The molecule has 1 amide bonds. The van der Waals surface area contributed by atoms with Crippen molar-refractivity contribution in [3.63, 3.8) is 0 Å². The smallest absolute Gasteiger partial charge is 0.252 e. The Hall–Kier alpha value is -3.23. The van der Waals surface area contributed by atoms with E-state index in [1.165, 1.54) is 6.07 Å². The Labute approximate surface area is 224 Å². The summed E-state index contributed by atoms with van der Waals surface area (Å²) in [5, 5.41) is 11.9. The molecular weight excluding hydrogens is 539 g/mol. The van der Waals surface area contributed by atoms with Crippen LogP contribution in [0.25, 0.3) is 0 Å². The van der Waals surface area contributed by atoms with Gasteiger partial charge < -0.3 is 19.9 Å². The summed E-state index contributed by atoms with van der Waals surface area (Å²) in [5.74, 6) is 0.507. The van der Waals surface area contributed by atoms with Gasteiger partial charge in [0.05, 0.1) is 6.61 Å². The number of hydrogen-bond donors (Lipinski definition) is 2. The molecule has 0 aliphatic carbocycles. The van der Waals surface area contributed by atoms with E-state index in [-0.39, 0.29) is 24.9 Å². The normalized spacial score (nSPS) is 18.7. The van der Waals surface area contributed by atoms with Crippen LogP contribution in [0, 0.1) is 5.82 Å². The molecule has 1 aliphatic heterocycles. The maximum absolute atomic E-state index is 14.0. The van der Waals surface area contributed by atoms with Crippen molar-refractivity contribution in [2.45, 2.75) is 37.8 Å². The third kappa shape index (κ3) is 6.56. The third-order valence-electron chi connectivity index (χ3n) is 6.35. The number of benzene rings is 3. The van der Waals surface area contributed by atoms with E-state index in [2.05, 4.69) is 21.2 Å². The molecule has 8 heteroatoms. The summed E-state index contributed by atoms with van der Waals surface area (Å²) in [6, 6.07) is 21.6. The average Bonchev–Trinajstić information content (AvgIpc) is 3.24. The first kappa shape index (κ1) is 26.8. The van der Waals surface area contributed by atoms with Crippen LogP contribution in [0.1, 0.15) is 30.0 Å². The first-order valence-electron chi connectivity index (χ1n) is 12.3. The number of hydrogen-bond acceptors (Lipinski definition) is 5. The Morgan fingerprint density at radius 2 is 1.86 bits per heavy atom. The molecule has 194 valence electrons. The minimum absolute atomic E-state index is 0.0728. The number of carbonyl (C=O) groups excluding carboxylic acids is 1. The van der Waals surface area contributed by atoms with Gasteiger partial charge in [-0.2, -0.15) is 0 Å². The van der Waals surface area contributed by atoms with Crippen LogP contribution in [-0.4, -0.2) is 48.3 Å². The molecule has 0 fully saturated rings. The summed E-state index contributed by atoms with van der Waals surface area (Å²) in [6.07, 6.45) is 0.745. The molecule has 3 aromatic rings. The lowest BCUT2D eigenvalue weighted by molar-refractivity contribution is -0.128. The minimum Gasteiger partial charge on any atom is -0.494 e. The van der Waals surface area contributed by atoms with Gasteiger partial charge in [-0.05, 0) is 66.9 Å². The molecule has 6 nitrogen and oxygen atoms in total. The molecule has 0 spiro atoms. The van der Waals surface area contributed by atoms with Gasteiger partial charge in [-0.3, -0.25) is 4.79 Å². The fourth-order valence-electron chi connectivity index (χ4n) is 4.22. The Kier molecular flexibility index (Phi) is 8.95. The Morgan fingerprint density at radius 1 is 1.14 bits per heavy atom. The fraction of sp³-hybridized carbons (Fsp3) is 0.310. The number of aliphatic hydroxyl groups is 1. The number of nitrogens with one attached hydrogen (secondary N) is 1. The van der Waals surface area contributed by atoms with E-state index < -0.39 is 11.6 Å². The summed E-state index contributed by atoms with van der Waals surface area (Å²) in [4.78, 5) is 18.5. The zero-order valence-corrected chi connectivity index (χ0v) is 22.2. The number of amides is 1. The van der Waals surface area contributed by atoms with Crippen LogP contribution in [0.2, 0.25) is 0 Å². The van der Waals surface area contributed by atoms with Crippen LogP contribution in [0.3, 0.4) is 0 Å². The van der Waals surface area contributed by atoms with Gasteiger partial charge in [-0.15, -0.1) is 0 Å². The topological polar surface area (TPSA) is 80.2 Å². The standard InChI is InChI=1S/C29H30BrFN2O4/c1-20-29(19-21-7-11-24(30)12-8-21,28(35)32-16-15-22-5-2-3-6-26(22)31)33-27(37-20)23-9-13-25(14-10-23)36-18-4-17-34/h2-3,5-14,20,34H,4,15-19H2,1H3,(H,32,35)/t20-,29-/m1/s1. The highest BCUT2D eigenvalue weighted by Gasteiger charge is 2.50. The molecule has 0 saturated heterocycles. The van der Waals surface area contributed by atoms with Gasteiger partial charge in [0.25, 0.3) is 5.91 Å². The van der Waals surface area contributed by atoms with Crippen LogP contribution in [0.15, 0.2) is 82.3 Å².